The van der Waals surface area contributed by atoms with E-state index in [0.29, 0.717) is 18.7 Å². The van der Waals surface area contributed by atoms with Crippen molar-refractivity contribution >= 4 is 17.5 Å². The SMILES string of the molecule is O=C1C=C2c3cccc(-n4nccn4)c3CCN2C(=O)CN1. The minimum Gasteiger partial charge on any atom is -0.343 e. The monoisotopic (exact) mass is 295 g/mol. The van der Waals surface area contributed by atoms with Gasteiger partial charge in [0, 0.05) is 18.2 Å². The topological polar surface area (TPSA) is 80.1 Å². The smallest absolute Gasteiger partial charge is 0.246 e. The molecule has 0 unspecified atom stereocenters. The Morgan fingerprint density at radius 3 is 2.77 bits per heavy atom. The zero-order chi connectivity index (χ0) is 15.1. The zero-order valence-corrected chi connectivity index (χ0v) is 11.7. The highest BCUT2D eigenvalue weighted by atomic mass is 16.2. The number of amides is 2. The van der Waals surface area contributed by atoms with Gasteiger partial charge < -0.3 is 10.2 Å². The Hall–Kier alpha value is -2.96. The molecule has 2 aliphatic rings. The van der Waals surface area contributed by atoms with Crippen LogP contribution in [0, 0.1) is 0 Å². The maximum atomic E-state index is 12.2. The second-order valence-electron chi connectivity index (χ2n) is 5.16. The average Bonchev–Trinajstić information content (AvgIpc) is 3.01. The van der Waals surface area contributed by atoms with Crippen molar-refractivity contribution in [2.45, 2.75) is 6.42 Å². The van der Waals surface area contributed by atoms with E-state index in [1.165, 1.54) is 6.08 Å². The molecule has 7 nitrogen and oxygen atoms in total. The molecule has 2 aliphatic heterocycles. The molecule has 110 valence electrons. The number of aromatic nitrogens is 3. The molecule has 2 amide bonds. The van der Waals surface area contributed by atoms with Crippen LogP contribution in [-0.4, -0.2) is 44.8 Å². The lowest BCUT2D eigenvalue weighted by molar-refractivity contribution is -0.128. The van der Waals surface area contributed by atoms with E-state index >= 15 is 0 Å². The molecule has 2 aromatic rings. The lowest BCUT2D eigenvalue weighted by Gasteiger charge is -2.31. The van der Waals surface area contributed by atoms with Gasteiger partial charge in [-0.1, -0.05) is 12.1 Å². The Bertz CT molecular complexity index is 794. The number of nitrogens with one attached hydrogen (secondary N) is 1. The summed E-state index contributed by atoms with van der Waals surface area (Å²) in [6.07, 6.45) is 5.43. The Morgan fingerprint density at radius 1 is 1.14 bits per heavy atom. The molecule has 0 aliphatic carbocycles. The van der Waals surface area contributed by atoms with Gasteiger partial charge in [0.05, 0.1) is 30.3 Å². The Labute approximate surface area is 126 Å². The third-order valence-corrected chi connectivity index (χ3v) is 3.92. The van der Waals surface area contributed by atoms with E-state index in [9.17, 15) is 9.59 Å². The summed E-state index contributed by atoms with van der Waals surface area (Å²) in [5.74, 6) is -0.341. The van der Waals surface area contributed by atoms with Crippen LogP contribution >= 0.6 is 0 Å². The number of hydrogen-bond acceptors (Lipinski definition) is 4. The van der Waals surface area contributed by atoms with E-state index in [2.05, 4.69) is 15.5 Å². The van der Waals surface area contributed by atoms with Crippen LogP contribution in [-0.2, 0) is 16.0 Å². The van der Waals surface area contributed by atoms with Crippen LogP contribution < -0.4 is 5.32 Å². The maximum Gasteiger partial charge on any atom is 0.246 e. The highest BCUT2D eigenvalue weighted by Crippen LogP contribution is 2.32. The average molecular weight is 295 g/mol. The van der Waals surface area contributed by atoms with Gasteiger partial charge in [-0.25, -0.2) is 0 Å². The van der Waals surface area contributed by atoms with Gasteiger partial charge in [0.15, 0.2) is 0 Å². The van der Waals surface area contributed by atoms with E-state index in [0.717, 1.165) is 16.8 Å². The van der Waals surface area contributed by atoms with Gasteiger partial charge in [-0.05, 0) is 18.1 Å². The maximum absolute atomic E-state index is 12.2. The van der Waals surface area contributed by atoms with Gasteiger partial charge in [-0.15, -0.1) is 0 Å². The predicted molar refractivity (Wildman–Crippen MR) is 77.8 cm³/mol. The fraction of sp³-hybridized carbons (Fsp3) is 0.200. The molecule has 22 heavy (non-hydrogen) atoms. The van der Waals surface area contributed by atoms with Crippen LogP contribution in [0.5, 0.6) is 0 Å². The van der Waals surface area contributed by atoms with Gasteiger partial charge in [0.1, 0.15) is 0 Å². The van der Waals surface area contributed by atoms with Crippen molar-refractivity contribution in [1.82, 2.24) is 25.2 Å². The van der Waals surface area contributed by atoms with Crippen LogP contribution in [0.4, 0.5) is 0 Å². The number of benzene rings is 1. The molecule has 0 radical (unpaired) electrons. The normalized spacial score (nSPS) is 17.3. The fourth-order valence-electron chi connectivity index (χ4n) is 2.94. The summed E-state index contributed by atoms with van der Waals surface area (Å²) in [7, 11) is 0. The molecular weight excluding hydrogens is 282 g/mol. The summed E-state index contributed by atoms with van der Waals surface area (Å²) in [6, 6.07) is 5.75. The van der Waals surface area contributed by atoms with Crippen molar-refractivity contribution < 1.29 is 9.59 Å². The first-order chi connectivity index (χ1) is 10.7. The minimum absolute atomic E-state index is 0.0363. The molecule has 0 bridgehead atoms. The third-order valence-electron chi connectivity index (χ3n) is 3.92. The van der Waals surface area contributed by atoms with Crippen LogP contribution in [0.25, 0.3) is 11.4 Å². The first-order valence-electron chi connectivity index (χ1n) is 7.03. The Kier molecular flexibility index (Phi) is 2.78. The van der Waals surface area contributed by atoms with Crippen LogP contribution in [0.3, 0.4) is 0 Å². The number of hydrogen-bond donors (Lipinski definition) is 1. The number of nitrogens with zero attached hydrogens (tertiary/aromatic N) is 4. The molecule has 1 aromatic carbocycles. The lowest BCUT2D eigenvalue weighted by atomic mass is 9.94. The van der Waals surface area contributed by atoms with Gasteiger partial charge in [-0.2, -0.15) is 15.0 Å². The molecule has 0 saturated carbocycles. The predicted octanol–water partition coefficient (Wildman–Crippen LogP) is 0.123. The molecule has 1 aromatic heterocycles. The Balaban J connectivity index is 1.90. The molecule has 1 N–H and O–H groups in total. The van der Waals surface area contributed by atoms with E-state index in [4.69, 9.17) is 0 Å². The fourth-order valence-corrected chi connectivity index (χ4v) is 2.94. The van der Waals surface area contributed by atoms with E-state index in [1.807, 2.05) is 18.2 Å². The first kappa shape index (κ1) is 12.8. The van der Waals surface area contributed by atoms with Crippen LogP contribution in [0.1, 0.15) is 11.1 Å². The summed E-state index contributed by atoms with van der Waals surface area (Å²) in [6.45, 7) is 0.583. The molecule has 4 rings (SSSR count). The number of fused-ring (bicyclic) bond motifs is 3. The second-order valence-corrected chi connectivity index (χ2v) is 5.16. The van der Waals surface area contributed by atoms with E-state index in [-0.39, 0.29) is 18.4 Å². The largest absolute Gasteiger partial charge is 0.343 e. The molecular formula is C15H13N5O2. The summed E-state index contributed by atoms with van der Waals surface area (Å²) >= 11 is 0. The van der Waals surface area contributed by atoms with Gasteiger partial charge in [0.25, 0.3) is 0 Å². The zero-order valence-electron chi connectivity index (χ0n) is 11.7. The van der Waals surface area contributed by atoms with E-state index in [1.54, 1.807) is 22.1 Å². The Morgan fingerprint density at radius 2 is 1.95 bits per heavy atom. The number of carbonyl (C=O) groups excluding carboxylic acids is 2. The number of rotatable bonds is 1. The van der Waals surface area contributed by atoms with Crippen molar-refractivity contribution in [2.24, 2.45) is 0 Å². The summed E-state index contributed by atoms with van der Waals surface area (Å²) in [5.41, 5.74) is 3.45. The van der Waals surface area contributed by atoms with Crippen molar-refractivity contribution in [3.8, 4) is 5.69 Å². The molecule has 0 fully saturated rings. The molecule has 7 heteroatoms. The van der Waals surface area contributed by atoms with Gasteiger partial charge in [-0.3, -0.25) is 9.59 Å². The summed E-state index contributed by atoms with van der Waals surface area (Å²) in [5, 5.41) is 10.9. The highest BCUT2D eigenvalue weighted by Gasteiger charge is 2.30. The lowest BCUT2D eigenvalue weighted by Crippen LogP contribution is -2.38. The van der Waals surface area contributed by atoms with Crippen LogP contribution in [0.2, 0.25) is 0 Å². The first-order valence-corrected chi connectivity index (χ1v) is 7.03. The summed E-state index contributed by atoms with van der Waals surface area (Å²) in [4.78, 5) is 27.2. The van der Waals surface area contributed by atoms with Gasteiger partial charge in [0.2, 0.25) is 11.8 Å². The standard InChI is InChI=1S/C15H13N5O2/c21-14-8-13-10-2-1-3-12(20-17-5-6-18-20)11(10)4-7-19(13)15(22)9-16-14/h1-3,5-6,8H,4,7,9H2,(H,16,21). The highest BCUT2D eigenvalue weighted by molar-refractivity contribution is 6.04. The quantitative estimate of drug-likeness (QED) is 0.810. The van der Waals surface area contributed by atoms with Crippen molar-refractivity contribution in [3.63, 3.8) is 0 Å². The molecule has 0 spiro atoms. The summed E-state index contributed by atoms with van der Waals surface area (Å²) < 4.78 is 0. The second kappa shape index (κ2) is 4.80. The van der Waals surface area contributed by atoms with Crippen molar-refractivity contribution in [2.75, 3.05) is 13.1 Å². The van der Waals surface area contributed by atoms with E-state index < -0.39 is 0 Å². The number of carbonyl (C=O) groups is 2. The molecule has 3 heterocycles. The van der Waals surface area contributed by atoms with Crippen molar-refractivity contribution in [3.05, 3.63) is 47.8 Å². The molecule has 0 atom stereocenters. The van der Waals surface area contributed by atoms with Crippen molar-refractivity contribution in [1.29, 1.82) is 0 Å². The van der Waals surface area contributed by atoms with Crippen LogP contribution in [0.15, 0.2) is 36.7 Å². The van der Waals surface area contributed by atoms with Gasteiger partial charge >= 0.3 is 0 Å². The molecule has 0 saturated heterocycles. The third kappa shape index (κ3) is 1.90. The minimum atomic E-state index is -0.249.